The number of allylic oxidation sites excluding steroid dienone is 2. The summed E-state index contributed by atoms with van der Waals surface area (Å²) in [6, 6.07) is 4.68. The van der Waals surface area contributed by atoms with Crippen LogP contribution in [0.4, 0.5) is 17.6 Å². The van der Waals surface area contributed by atoms with Crippen LogP contribution in [0.15, 0.2) is 47.6 Å². The van der Waals surface area contributed by atoms with E-state index in [4.69, 9.17) is 4.52 Å². The third-order valence-electron chi connectivity index (χ3n) is 3.54. The van der Waals surface area contributed by atoms with Gasteiger partial charge in [-0.25, -0.2) is 17.9 Å². The zero-order chi connectivity index (χ0) is 18.6. The van der Waals surface area contributed by atoms with E-state index in [9.17, 15) is 31.7 Å². The molecule has 1 atom stereocenters. The fourth-order valence-corrected chi connectivity index (χ4v) is 3.49. The highest BCUT2D eigenvalue weighted by Crippen LogP contribution is 2.60. The van der Waals surface area contributed by atoms with E-state index in [2.05, 4.69) is 9.05 Å². The number of phosphoric ester groups is 1. The van der Waals surface area contributed by atoms with E-state index in [1.165, 1.54) is 12.1 Å². The van der Waals surface area contributed by atoms with Crippen molar-refractivity contribution in [2.45, 2.75) is 5.60 Å². The van der Waals surface area contributed by atoms with Gasteiger partial charge in [0.25, 0.3) is 11.4 Å². The van der Waals surface area contributed by atoms with Crippen LogP contribution >= 0.6 is 7.82 Å². The quantitative estimate of drug-likeness (QED) is 0.548. The van der Waals surface area contributed by atoms with E-state index >= 15 is 0 Å². The average molecular weight is 378 g/mol. The molecule has 6 nitrogen and oxygen atoms in total. The number of rotatable bonds is 1. The van der Waals surface area contributed by atoms with Crippen LogP contribution in [0.1, 0.15) is 10.4 Å². The summed E-state index contributed by atoms with van der Waals surface area (Å²) in [5.41, 5.74) is -4.36. The molecule has 0 amide bonds. The molecule has 2 aliphatic rings. The standard InChI is InChI=1S/C14H7F4O6P/c1-22-25(21)23-7-5-3-2-4-6(7)13(20)14(24-25)11(17)8(15)10(19)9(16)12(14)18/h2-5H,1H3. The zero-order valence-electron chi connectivity index (χ0n) is 12.2. The molecule has 0 aromatic heterocycles. The van der Waals surface area contributed by atoms with Crippen molar-refractivity contribution in [2.75, 3.05) is 7.11 Å². The van der Waals surface area contributed by atoms with Gasteiger partial charge in [0.2, 0.25) is 17.4 Å². The molecule has 25 heavy (non-hydrogen) atoms. The van der Waals surface area contributed by atoms with Gasteiger partial charge in [-0.15, -0.1) is 0 Å². The Bertz CT molecular complexity index is 894. The predicted molar refractivity (Wildman–Crippen MR) is 73.3 cm³/mol. The van der Waals surface area contributed by atoms with Gasteiger partial charge < -0.3 is 4.52 Å². The molecule has 0 bridgehead atoms. The van der Waals surface area contributed by atoms with Crippen molar-refractivity contribution in [2.24, 2.45) is 0 Å². The van der Waals surface area contributed by atoms with E-state index in [-0.39, 0.29) is 0 Å². The number of ketones is 2. The summed E-state index contributed by atoms with van der Waals surface area (Å²) in [7, 11) is -4.14. The Kier molecular flexibility index (Phi) is 3.94. The third-order valence-corrected chi connectivity index (χ3v) is 4.90. The highest BCUT2D eigenvalue weighted by atomic mass is 31.2. The van der Waals surface area contributed by atoms with E-state index in [0.717, 1.165) is 19.2 Å². The van der Waals surface area contributed by atoms with Gasteiger partial charge in [-0.2, -0.15) is 8.78 Å². The van der Waals surface area contributed by atoms with Gasteiger partial charge in [-0.1, -0.05) is 12.1 Å². The fourth-order valence-electron chi connectivity index (χ4n) is 2.33. The van der Waals surface area contributed by atoms with Crippen molar-refractivity contribution in [1.82, 2.24) is 0 Å². The van der Waals surface area contributed by atoms with Crippen LogP contribution < -0.4 is 4.52 Å². The van der Waals surface area contributed by atoms with Crippen LogP contribution in [-0.2, 0) is 18.4 Å². The van der Waals surface area contributed by atoms with Crippen LogP contribution in [0, 0.1) is 0 Å². The van der Waals surface area contributed by atoms with E-state index in [0.29, 0.717) is 0 Å². The molecule has 0 fully saturated rings. The molecule has 132 valence electrons. The zero-order valence-corrected chi connectivity index (χ0v) is 13.1. The minimum Gasteiger partial charge on any atom is -0.403 e. The smallest absolute Gasteiger partial charge is 0.403 e. The molecule has 11 heteroatoms. The molecule has 1 aromatic rings. The molecule has 0 radical (unpaired) electrons. The highest BCUT2D eigenvalue weighted by molar-refractivity contribution is 7.49. The molecular formula is C14H7F4O6P. The molecule has 3 rings (SSSR count). The Morgan fingerprint density at radius 3 is 2.16 bits per heavy atom. The number of para-hydroxylation sites is 1. The van der Waals surface area contributed by atoms with Crippen LogP contribution in [-0.4, -0.2) is 24.3 Å². The summed E-state index contributed by atoms with van der Waals surface area (Å²) < 4.78 is 82.8. The van der Waals surface area contributed by atoms with Gasteiger partial charge in [0.15, 0.2) is 11.7 Å². The fraction of sp³-hybridized carbons (Fsp3) is 0.143. The normalized spacial score (nSPS) is 25.8. The largest absolute Gasteiger partial charge is 0.531 e. The SMILES string of the molecule is COP1(=O)Oc2ccccc2C(=O)C2(O1)C(F)=C(F)C(=O)C(F)=C2F. The summed E-state index contributed by atoms with van der Waals surface area (Å²) >= 11 is 0. The number of fused-ring (bicyclic) bond motifs is 1. The number of halogens is 4. The predicted octanol–water partition coefficient (Wildman–Crippen LogP) is 3.66. The van der Waals surface area contributed by atoms with Crippen LogP contribution in [0.3, 0.4) is 0 Å². The molecule has 0 saturated heterocycles. The lowest BCUT2D eigenvalue weighted by atomic mass is 9.85. The number of hydrogen-bond acceptors (Lipinski definition) is 6. The monoisotopic (exact) mass is 378 g/mol. The Labute approximate surface area is 137 Å². The van der Waals surface area contributed by atoms with Gasteiger partial charge in [0.05, 0.1) is 5.56 Å². The Morgan fingerprint density at radius 1 is 1.04 bits per heavy atom. The van der Waals surface area contributed by atoms with E-state index < -0.39 is 59.6 Å². The number of hydrogen-bond donors (Lipinski definition) is 0. The Balaban J connectivity index is 2.40. The van der Waals surface area contributed by atoms with Gasteiger partial charge >= 0.3 is 7.82 Å². The van der Waals surface area contributed by atoms with E-state index in [1.807, 2.05) is 0 Å². The molecule has 1 aromatic carbocycles. The van der Waals surface area contributed by atoms with Crippen LogP contribution in [0.2, 0.25) is 0 Å². The van der Waals surface area contributed by atoms with Crippen molar-refractivity contribution in [3.8, 4) is 5.75 Å². The van der Waals surface area contributed by atoms with Gasteiger partial charge in [-0.05, 0) is 12.1 Å². The molecular weight excluding hydrogens is 371 g/mol. The summed E-state index contributed by atoms with van der Waals surface area (Å²) in [6.07, 6.45) is 0. The van der Waals surface area contributed by atoms with Crippen molar-refractivity contribution < 1.29 is 45.3 Å². The number of phosphoric acid groups is 1. The first-order chi connectivity index (χ1) is 11.7. The van der Waals surface area contributed by atoms with E-state index in [1.54, 1.807) is 0 Å². The second-order valence-electron chi connectivity index (χ2n) is 4.90. The van der Waals surface area contributed by atoms with Crippen molar-refractivity contribution in [1.29, 1.82) is 0 Å². The van der Waals surface area contributed by atoms with Crippen molar-refractivity contribution >= 4 is 19.4 Å². The number of benzene rings is 1. The maximum absolute atomic E-state index is 14.5. The van der Waals surface area contributed by atoms with Gasteiger partial charge in [0, 0.05) is 7.11 Å². The third kappa shape index (κ3) is 2.29. The molecule has 1 aliphatic carbocycles. The maximum atomic E-state index is 14.5. The summed E-state index contributed by atoms with van der Waals surface area (Å²) in [5.74, 6) is -13.9. The van der Waals surface area contributed by atoms with Crippen LogP contribution in [0.25, 0.3) is 0 Å². The summed E-state index contributed by atoms with van der Waals surface area (Å²) in [6.45, 7) is 0. The first-order valence-corrected chi connectivity index (χ1v) is 8.00. The second-order valence-corrected chi connectivity index (χ2v) is 6.53. The van der Waals surface area contributed by atoms with Gasteiger partial charge in [0.1, 0.15) is 5.75 Å². The lowest BCUT2D eigenvalue weighted by Gasteiger charge is -2.30. The maximum Gasteiger partial charge on any atom is 0.531 e. The molecule has 1 spiro atoms. The summed E-state index contributed by atoms with van der Waals surface area (Å²) in [5, 5.41) is 0. The Hall–Kier alpha value is -2.29. The molecule has 1 aliphatic heterocycles. The minimum absolute atomic E-state index is 0.451. The average Bonchev–Trinajstić information content (AvgIpc) is 2.71. The summed E-state index contributed by atoms with van der Waals surface area (Å²) in [4.78, 5) is 23.9. The second kappa shape index (κ2) is 5.62. The van der Waals surface area contributed by atoms with Crippen LogP contribution in [0.5, 0.6) is 5.75 Å². The number of carbonyl (C=O) groups is 2. The first kappa shape index (κ1) is 17.5. The topological polar surface area (TPSA) is 78.9 Å². The highest BCUT2D eigenvalue weighted by Gasteiger charge is 2.63. The van der Waals surface area contributed by atoms with Crippen molar-refractivity contribution in [3.63, 3.8) is 0 Å². The number of carbonyl (C=O) groups excluding carboxylic acids is 2. The lowest BCUT2D eigenvalue weighted by Crippen LogP contribution is -2.45. The number of Topliss-reactive ketones (excluding diaryl/α,β-unsaturated/α-hetero) is 2. The Morgan fingerprint density at radius 2 is 1.60 bits per heavy atom. The molecule has 1 heterocycles. The molecule has 0 N–H and O–H groups in total. The van der Waals surface area contributed by atoms with Gasteiger partial charge in [-0.3, -0.25) is 14.1 Å². The first-order valence-electron chi connectivity index (χ1n) is 6.54. The molecule has 1 unspecified atom stereocenters. The molecule has 0 saturated carbocycles. The minimum atomic E-state index is -4.90. The lowest BCUT2D eigenvalue weighted by molar-refractivity contribution is -0.116. The van der Waals surface area contributed by atoms with Crippen molar-refractivity contribution in [3.05, 3.63) is 53.1 Å².